The molecular weight excluding hydrogens is 244 g/mol. The molecule has 0 saturated carbocycles. The molecule has 3 rings (SSSR count). The molecule has 0 aliphatic carbocycles. The molecule has 0 spiro atoms. The summed E-state index contributed by atoms with van der Waals surface area (Å²) in [5.41, 5.74) is 1.32. The molecule has 0 N–H and O–H groups in total. The van der Waals surface area contributed by atoms with E-state index in [1.54, 1.807) is 24.0 Å². The number of aromatic nitrogens is 3. The molecule has 1 unspecified atom stereocenters. The highest BCUT2D eigenvalue weighted by atomic mass is 16.5. The van der Waals surface area contributed by atoms with Gasteiger partial charge in [0.2, 0.25) is 0 Å². The van der Waals surface area contributed by atoms with Crippen molar-refractivity contribution in [3.8, 4) is 0 Å². The van der Waals surface area contributed by atoms with Gasteiger partial charge in [0.25, 0.3) is 5.91 Å². The van der Waals surface area contributed by atoms with Crippen LogP contribution in [0.4, 0.5) is 0 Å². The Morgan fingerprint density at radius 2 is 2.37 bits per heavy atom. The number of aryl methyl sites for hydroxylation is 2. The molecule has 0 aromatic carbocycles. The summed E-state index contributed by atoms with van der Waals surface area (Å²) in [6.45, 7) is 2.62. The first-order valence-electron chi connectivity index (χ1n) is 6.39. The Labute approximate surface area is 111 Å². The van der Waals surface area contributed by atoms with Gasteiger partial charge in [-0.1, -0.05) is 5.16 Å². The summed E-state index contributed by atoms with van der Waals surface area (Å²) in [6.07, 6.45) is 3.66. The molecule has 1 aliphatic rings. The van der Waals surface area contributed by atoms with Crippen LogP contribution in [0.25, 0.3) is 0 Å². The van der Waals surface area contributed by atoms with Gasteiger partial charge in [0.15, 0.2) is 5.76 Å². The van der Waals surface area contributed by atoms with Gasteiger partial charge in [-0.15, -0.1) is 0 Å². The van der Waals surface area contributed by atoms with Crippen LogP contribution in [0, 0.1) is 6.92 Å². The SMILES string of the molecule is Cc1cc(C2CCCN2C(=O)c2ccn(C)n2)on1. The van der Waals surface area contributed by atoms with Gasteiger partial charge in [0.1, 0.15) is 5.69 Å². The molecule has 19 heavy (non-hydrogen) atoms. The molecule has 1 atom stereocenters. The van der Waals surface area contributed by atoms with Crippen LogP contribution in [0.2, 0.25) is 0 Å². The molecule has 100 valence electrons. The molecule has 1 fully saturated rings. The van der Waals surface area contributed by atoms with Crippen LogP contribution in [-0.4, -0.2) is 32.3 Å². The van der Waals surface area contributed by atoms with Crippen LogP contribution >= 0.6 is 0 Å². The second-order valence-corrected chi connectivity index (χ2v) is 4.90. The fourth-order valence-corrected chi connectivity index (χ4v) is 2.52. The minimum Gasteiger partial charge on any atom is -0.359 e. The predicted molar refractivity (Wildman–Crippen MR) is 67.5 cm³/mol. The average Bonchev–Trinajstić information content (AvgIpc) is 3.07. The van der Waals surface area contributed by atoms with Crippen molar-refractivity contribution in [2.24, 2.45) is 7.05 Å². The molecule has 1 amide bonds. The van der Waals surface area contributed by atoms with Crippen LogP contribution in [0.15, 0.2) is 22.9 Å². The Bertz CT molecular complexity index is 601. The monoisotopic (exact) mass is 260 g/mol. The quantitative estimate of drug-likeness (QED) is 0.824. The number of carbonyl (C=O) groups excluding carboxylic acids is 1. The van der Waals surface area contributed by atoms with E-state index in [0.29, 0.717) is 5.69 Å². The van der Waals surface area contributed by atoms with Crippen LogP contribution in [0.1, 0.15) is 40.8 Å². The molecule has 6 nitrogen and oxygen atoms in total. The predicted octanol–water partition coefficient (Wildman–Crippen LogP) is 1.69. The fraction of sp³-hybridized carbons (Fsp3) is 0.462. The highest BCUT2D eigenvalue weighted by molar-refractivity contribution is 5.92. The average molecular weight is 260 g/mol. The number of amides is 1. The Balaban J connectivity index is 1.85. The maximum Gasteiger partial charge on any atom is 0.274 e. The second kappa shape index (κ2) is 4.53. The van der Waals surface area contributed by atoms with Gasteiger partial charge in [0, 0.05) is 25.9 Å². The minimum atomic E-state index is -0.0443. The second-order valence-electron chi connectivity index (χ2n) is 4.90. The van der Waals surface area contributed by atoms with E-state index in [-0.39, 0.29) is 11.9 Å². The van der Waals surface area contributed by atoms with Crippen LogP contribution in [-0.2, 0) is 7.05 Å². The smallest absolute Gasteiger partial charge is 0.274 e. The van der Waals surface area contributed by atoms with Crippen molar-refractivity contribution in [3.05, 3.63) is 35.5 Å². The van der Waals surface area contributed by atoms with Crippen molar-refractivity contribution < 1.29 is 9.32 Å². The molecule has 1 saturated heterocycles. The maximum atomic E-state index is 12.4. The number of likely N-dealkylation sites (tertiary alicyclic amines) is 1. The van der Waals surface area contributed by atoms with E-state index in [1.807, 2.05) is 17.9 Å². The van der Waals surface area contributed by atoms with E-state index >= 15 is 0 Å². The fourth-order valence-electron chi connectivity index (χ4n) is 2.52. The number of hydrogen-bond donors (Lipinski definition) is 0. The summed E-state index contributed by atoms with van der Waals surface area (Å²) in [6, 6.07) is 3.62. The summed E-state index contributed by atoms with van der Waals surface area (Å²) in [7, 11) is 1.80. The highest BCUT2D eigenvalue weighted by Gasteiger charge is 2.33. The molecule has 2 aromatic rings. The first-order chi connectivity index (χ1) is 9.15. The molecule has 1 aliphatic heterocycles. The van der Waals surface area contributed by atoms with Gasteiger partial charge in [-0.05, 0) is 25.8 Å². The lowest BCUT2D eigenvalue weighted by molar-refractivity contribution is 0.0708. The summed E-state index contributed by atoms with van der Waals surface area (Å²) >= 11 is 0. The van der Waals surface area contributed by atoms with Crippen molar-refractivity contribution in [1.29, 1.82) is 0 Å². The van der Waals surface area contributed by atoms with Crippen molar-refractivity contribution >= 4 is 5.91 Å². The lowest BCUT2D eigenvalue weighted by Crippen LogP contribution is -2.30. The first kappa shape index (κ1) is 12.0. The van der Waals surface area contributed by atoms with Crippen molar-refractivity contribution in [2.75, 3.05) is 6.54 Å². The van der Waals surface area contributed by atoms with E-state index in [1.165, 1.54) is 0 Å². The Kier molecular flexibility index (Phi) is 2.85. The van der Waals surface area contributed by atoms with Gasteiger partial charge in [-0.25, -0.2) is 0 Å². The summed E-state index contributed by atoms with van der Waals surface area (Å²) in [5.74, 6) is 0.719. The molecule has 0 bridgehead atoms. The largest absolute Gasteiger partial charge is 0.359 e. The van der Waals surface area contributed by atoms with Crippen molar-refractivity contribution in [2.45, 2.75) is 25.8 Å². The Morgan fingerprint density at radius 1 is 1.53 bits per heavy atom. The van der Waals surface area contributed by atoms with Gasteiger partial charge in [0.05, 0.1) is 11.7 Å². The van der Waals surface area contributed by atoms with Crippen molar-refractivity contribution in [3.63, 3.8) is 0 Å². The van der Waals surface area contributed by atoms with Crippen LogP contribution in [0.5, 0.6) is 0 Å². The first-order valence-corrected chi connectivity index (χ1v) is 6.39. The normalized spacial score (nSPS) is 19.1. The Morgan fingerprint density at radius 3 is 3.00 bits per heavy atom. The molecule has 2 aromatic heterocycles. The van der Waals surface area contributed by atoms with Gasteiger partial charge >= 0.3 is 0 Å². The topological polar surface area (TPSA) is 64.2 Å². The minimum absolute atomic E-state index is 0.0179. The number of nitrogens with zero attached hydrogens (tertiary/aromatic N) is 4. The molecule has 3 heterocycles. The van der Waals surface area contributed by atoms with Gasteiger partial charge in [-0.3, -0.25) is 9.48 Å². The molecule has 6 heteroatoms. The zero-order valence-electron chi connectivity index (χ0n) is 11.0. The van der Waals surface area contributed by atoms with Gasteiger partial charge < -0.3 is 9.42 Å². The van der Waals surface area contributed by atoms with Gasteiger partial charge in [-0.2, -0.15) is 5.10 Å². The third-order valence-corrected chi connectivity index (χ3v) is 3.42. The number of hydrogen-bond acceptors (Lipinski definition) is 4. The number of rotatable bonds is 2. The maximum absolute atomic E-state index is 12.4. The summed E-state index contributed by atoms with van der Waals surface area (Å²) in [4.78, 5) is 14.3. The summed E-state index contributed by atoms with van der Waals surface area (Å²) < 4.78 is 6.94. The third kappa shape index (κ3) is 2.14. The third-order valence-electron chi connectivity index (χ3n) is 3.42. The molecular formula is C13H16N4O2. The van der Waals surface area contributed by atoms with Crippen LogP contribution < -0.4 is 0 Å². The lowest BCUT2D eigenvalue weighted by Gasteiger charge is -2.21. The molecule has 0 radical (unpaired) electrons. The zero-order valence-corrected chi connectivity index (χ0v) is 11.0. The van der Waals surface area contributed by atoms with E-state index in [9.17, 15) is 4.79 Å². The Hall–Kier alpha value is -2.11. The summed E-state index contributed by atoms with van der Waals surface area (Å²) in [5, 5.41) is 8.07. The lowest BCUT2D eigenvalue weighted by atomic mass is 10.1. The van der Waals surface area contributed by atoms with Crippen LogP contribution in [0.3, 0.4) is 0 Å². The van der Waals surface area contributed by atoms with Crippen molar-refractivity contribution in [1.82, 2.24) is 19.8 Å². The zero-order chi connectivity index (χ0) is 13.4. The standard InChI is InChI=1S/C13H16N4O2/c1-9-8-12(19-15-9)11-4-3-6-17(11)13(18)10-5-7-16(2)14-10/h5,7-8,11H,3-4,6H2,1-2H3. The van der Waals surface area contributed by atoms with E-state index in [2.05, 4.69) is 10.3 Å². The van der Waals surface area contributed by atoms with E-state index < -0.39 is 0 Å². The van der Waals surface area contributed by atoms with E-state index in [4.69, 9.17) is 4.52 Å². The van der Waals surface area contributed by atoms with E-state index in [0.717, 1.165) is 30.8 Å². The number of carbonyl (C=O) groups is 1. The highest BCUT2D eigenvalue weighted by Crippen LogP contribution is 2.33.